The third kappa shape index (κ3) is 2.72. The minimum atomic E-state index is -0.858. The lowest BCUT2D eigenvalue weighted by molar-refractivity contribution is -0.143. The van der Waals surface area contributed by atoms with Gasteiger partial charge in [0, 0.05) is 26.2 Å². The van der Waals surface area contributed by atoms with Crippen molar-refractivity contribution >= 4 is 17.9 Å². The quantitative estimate of drug-likeness (QED) is 0.650. The highest BCUT2D eigenvalue weighted by Crippen LogP contribution is 2.18. The fourth-order valence-electron chi connectivity index (χ4n) is 2.35. The van der Waals surface area contributed by atoms with E-state index in [1.807, 2.05) is 0 Å². The van der Waals surface area contributed by atoms with Crippen LogP contribution in [0.2, 0.25) is 0 Å². The molecule has 0 aromatic heterocycles. The Bertz CT molecular complexity index is 371. The summed E-state index contributed by atoms with van der Waals surface area (Å²) >= 11 is 0. The van der Waals surface area contributed by atoms with Gasteiger partial charge in [0.1, 0.15) is 6.54 Å². The van der Waals surface area contributed by atoms with Crippen molar-refractivity contribution in [2.24, 2.45) is 5.92 Å². The highest BCUT2D eigenvalue weighted by Gasteiger charge is 2.31. The first-order valence-electron chi connectivity index (χ1n) is 6.11. The number of nitrogens with one attached hydrogen (secondary N) is 1. The molecule has 2 aliphatic heterocycles. The average Bonchev–Trinajstić information content (AvgIpc) is 2.38. The van der Waals surface area contributed by atoms with Crippen LogP contribution in [-0.2, 0) is 9.59 Å². The van der Waals surface area contributed by atoms with E-state index in [-0.39, 0.29) is 25.0 Å². The Balaban J connectivity index is 1.95. The van der Waals surface area contributed by atoms with Gasteiger partial charge in [-0.1, -0.05) is 0 Å². The number of piperazine rings is 1. The third-order valence-electron chi connectivity index (χ3n) is 3.35. The van der Waals surface area contributed by atoms with Crippen molar-refractivity contribution in [3.63, 3.8) is 0 Å². The molecule has 100 valence electrons. The van der Waals surface area contributed by atoms with Gasteiger partial charge in [0.15, 0.2) is 0 Å². The van der Waals surface area contributed by atoms with Crippen LogP contribution in [0.3, 0.4) is 0 Å². The number of carbonyl (C=O) groups is 3. The number of urea groups is 1. The Labute approximate surface area is 105 Å². The van der Waals surface area contributed by atoms with E-state index in [1.165, 1.54) is 4.90 Å². The maximum atomic E-state index is 12.1. The summed E-state index contributed by atoms with van der Waals surface area (Å²) in [6.45, 7) is 1.82. The van der Waals surface area contributed by atoms with Crippen molar-refractivity contribution in [1.82, 2.24) is 15.1 Å². The van der Waals surface area contributed by atoms with Crippen LogP contribution in [0.1, 0.15) is 12.8 Å². The molecule has 3 amide bonds. The highest BCUT2D eigenvalue weighted by atomic mass is 16.4. The largest absolute Gasteiger partial charge is 0.481 e. The summed E-state index contributed by atoms with van der Waals surface area (Å²) < 4.78 is 0. The van der Waals surface area contributed by atoms with Crippen molar-refractivity contribution in [2.75, 3.05) is 32.7 Å². The standard InChI is InChI=1S/C11H17N3O4/c15-9-7-14(5-3-12-9)11(18)13-4-1-2-8(6-13)10(16)17/h8H,1-7H2,(H,12,15)(H,16,17). The number of carboxylic acid groups (broad SMARTS) is 1. The number of aliphatic carboxylic acids is 1. The molecule has 2 saturated heterocycles. The fraction of sp³-hybridized carbons (Fsp3) is 0.727. The summed E-state index contributed by atoms with van der Waals surface area (Å²) in [4.78, 5) is 37.3. The first-order chi connectivity index (χ1) is 8.58. The predicted molar refractivity (Wildman–Crippen MR) is 61.9 cm³/mol. The molecule has 2 heterocycles. The topological polar surface area (TPSA) is 90.0 Å². The van der Waals surface area contributed by atoms with Crippen LogP contribution in [0.5, 0.6) is 0 Å². The number of hydrogen-bond acceptors (Lipinski definition) is 3. The molecule has 7 heteroatoms. The maximum absolute atomic E-state index is 12.1. The molecule has 2 N–H and O–H groups in total. The van der Waals surface area contributed by atoms with Crippen LogP contribution in [-0.4, -0.2) is 65.5 Å². The zero-order valence-corrected chi connectivity index (χ0v) is 10.1. The second-order valence-electron chi connectivity index (χ2n) is 4.68. The van der Waals surface area contributed by atoms with E-state index in [9.17, 15) is 14.4 Å². The third-order valence-corrected chi connectivity index (χ3v) is 3.35. The fourth-order valence-corrected chi connectivity index (χ4v) is 2.35. The van der Waals surface area contributed by atoms with Gasteiger partial charge < -0.3 is 20.2 Å². The van der Waals surface area contributed by atoms with Gasteiger partial charge in [-0.15, -0.1) is 0 Å². The Hall–Kier alpha value is -1.79. The number of amides is 3. The van der Waals surface area contributed by atoms with E-state index in [0.29, 0.717) is 32.5 Å². The summed E-state index contributed by atoms with van der Waals surface area (Å²) in [5.41, 5.74) is 0. The van der Waals surface area contributed by atoms with Gasteiger partial charge in [0.25, 0.3) is 0 Å². The minimum absolute atomic E-state index is 0.0626. The molecule has 0 radical (unpaired) electrons. The number of nitrogens with zero attached hydrogens (tertiary/aromatic N) is 2. The lowest BCUT2D eigenvalue weighted by Crippen LogP contribution is -2.55. The molecule has 0 spiro atoms. The maximum Gasteiger partial charge on any atom is 0.320 e. The monoisotopic (exact) mass is 255 g/mol. The van der Waals surface area contributed by atoms with Gasteiger partial charge in [-0.3, -0.25) is 9.59 Å². The van der Waals surface area contributed by atoms with Gasteiger partial charge >= 0.3 is 12.0 Å². The molecule has 2 fully saturated rings. The predicted octanol–water partition coefficient (Wildman–Crippen LogP) is -0.665. The smallest absolute Gasteiger partial charge is 0.320 e. The van der Waals surface area contributed by atoms with Gasteiger partial charge in [0.2, 0.25) is 5.91 Å². The lowest BCUT2D eigenvalue weighted by atomic mass is 9.98. The summed E-state index contributed by atoms with van der Waals surface area (Å²) in [6.07, 6.45) is 1.31. The first-order valence-corrected chi connectivity index (χ1v) is 6.11. The van der Waals surface area contributed by atoms with Crippen molar-refractivity contribution in [3.8, 4) is 0 Å². The van der Waals surface area contributed by atoms with E-state index < -0.39 is 11.9 Å². The second-order valence-corrected chi connectivity index (χ2v) is 4.68. The molecule has 18 heavy (non-hydrogen) atoms. The Morgan fingerprint density at radius 2 is 2.06 bits per heavy atom. The van der Waals surface area contributed by atoms with Crippen LogP contribution in [0.25, 0.3) is 0 Å². The molecule has 7 nitrogen and oxygen atoms in total. The normalized spacial score (nSPS) is 24.7. The minimum Gasteiger partial charge on any atom is -0.481 e. The van der Waals surface area contributed by atoms with Gasteiger partial charge in [-0.25, -0.2) is 4.79 Å². The molecule has 0 aromatic carbocycles. The van der Waals surface area contributed by atoms with E-state index >= 15 is 0 Å². The molecular weight excluding hydrogens is 238 g/mol. The number of carboxylic acids is 1. The summed E-state index contributed by atoms with van der Waals surface area (Å²) in [6, 6.07) is -0.226. The molecule has 0 saturated carbocycles. The van der Waals surface area contributed by atoms with Crippen molar-refractivity contribution < 1.29 is 19.5 Å². The van der Waals surface area contributed by atoms with Crippen molar-refractivity contribution in [3.05, 3.63) is 0 Å². The van der Waals surface area contributed by atoms with Crippen LogP contribution >= 0.6 is 0 Å². The van der Waals surface area contributed by atoms with E-state index in [4.69, 9.17) is 5.11 Å². The average molecular weight is 255 g/mol. The van der Waals surface area contributed by atoms with E-state index in [0.717, 1.165) is 0 Å². The zero-order valence-electron chi connectivity index (χ0n) is 10.1. The second kappa shape index (κ2) is 5.24. The summed E-state index contributed by atoms with van der Waals surface area (Å²) in [5.74, 6) is -1.51. The highest BCUT2D eigenvalue weighted by molar-refractivity contribution is 5.85. The van der Waals surface area contributed by atoms with Crippen molar-refractivity contribution in [1.29, 1.82) is 0 Å². The molecule has 0 aliphatic carbocycles. The molecule has 0 aromatic rings. The molecular formula is C11H17N3O4. The number of hydrogen-bond donors (Lipinski definition) is 2. The van der Waals surface area contributed by atoms with Crippen LogP contribution in [0, 0.1) is 5.92 Å². The molecule has 1 unspecified atom stereocenters. The SMILES string of the molecule is O=C1CN(C(=O)N2CCCC(C(=O)O)C2)CCN1. The first kappa shape index (κ1) is 12.7. The Morgan fingerprint density at radius 3 is 2.72 bits per heavy atom. The van der Waals surface area contributed by atoms with Gasteiger partial charge in [0.05, 0.1) is 5.92 Å². The lowest BCUT2D eigenvalue weighted by Gasteiger charge is -2.36. The van der Waals surface area contributed by atoms with Gasteiger partial charge in [-0.05, 0) is 12.8 Å². The number of carbonyl (C=O) groups excluding carboxylic acids is 2. The number of rotatable bonds is 1. The Morgan fingerprint density at radius 1 is 1.28 bits per heavy atom. The zero-order chi connectivity index (χ0) is 13.1. The summed E-state index contributed by atoms with van der Waals surface area (Å²) in [5, 5.41) is 11.6. The number of piperidine rings is 1. The van der Waals surface area contributed by atoms with Gasteiger partial charge in [-0.2, -0.15) is 0 Å². The van der Waals surface area contributed by atoms with Crippen LogP contribution in [0.15, 0.2) is 0 Å². The molecule has 2 rings (SSSR count). The summed E-state index contributed by atoms with van der Waals surface area (Å²) in [7, 11) is 0. The molecule has 0 bridgehead atoms. The van der Waals surface area contributed by atoms with Crippen molar-refractivity contribution in [2.45, 2.75) is 12.8 Å². The van der Waals surface area contributed by atoms with Crippen LogP contribution in [0.4, 0.5) is 4.79 Å². The van der Waals surface area contributed by atoms with E-state index in [1.54, 1.807) is 4.90 Å². The molecule has 1 atom stereocenters. The Kier molecular flexibility index (Phi) is 3.69. The van der Waals surface area contributed by atoms with E-state index in [2.05, 4.69) is 5.32 Å². The molecule has 2 aliphatic rings. The van der Waals surface area contributed by atoms with Crippen LogP contribution < -0.4 is 5.32 Å². The number of likely N-dealkylation sites (tertiary alicyclic amines) is 1.